The number of nitrogens with one attached hydrogen (secondary N) is 2. The molecule has 178 valence electrons. The van der Waals surface area contributed by atoms with Crippen molar-refractivity contribution in [2.75, 3.05) is 18.5 Å². The molecule has 0 aliphatic heterocycles. The number of esters is 1. The summed E-state index contributed by atoms with van der Waals surface area (Å²) in [6, 6.07) is 30.0. The van der Waals surface area contributed by atoms with E-state index in [0.717, 1.165) is 16.0 Å². The van der Waals surface area contributed by atoms with Gasteiger partial charge in [0, 0.05) is 22.1 Å². The summed E-state index contributed by atoms with van der Waals surface area (Å²) in [5, 5.41) is 5.42. The Morgan fingerprint density at radius 1 is 0.829 bits per heavy atom. The predicted octanol–water partition coefficient (Wildman–Crippen LogP) is 4.82. The van der Waals surface area contributed by atoms with E-state index in [4.69, 9.17) is 4.74 Å². The summed E-state index contributed by atoms with van der Waals surface area (Å²) in [4.78, 5) is 27.1. The van der Waals surface area contributed by atoms with Crippen molar-refractivity contribution >= 4 is 28.2 Å². The molecule has 0 saturated heterocycles. The van der Waals surface area contributed by atoms with Gasteiger partial charge in [0.15, 0.2) is 6.54 Å². The number of ether oxygens (including phenoxy) is 1. The fraction of sp³-hybridized carbons (Fsp3) is 0.172. The Balaban J connectivity index is 1.55. The van der Waals surface area contributed by atoms with Crippen molar-refractivity contribution in [2.24, 2.45) is 0 Å². The minimum atomic E-state index is -0.430. The molecule has 0 saturated carbocycles. The number of thiophene rings is 1. The zero-order chi connectivity index (χ0) is 24.5. The summed E-state index contributed by atoms with van der Waals surface area (Å²) in [5.74, 6) is -0.570. The fourth-order valence-corrected chi connectivity index (χ4v) is 5.01. The Kier molecular flexibility index (Phi) is 8.44. The van der Waals surface area contributed by atoms with Gasteiger partial charge in [-0.25, -0.2) is 4.79 Å². The van der Waals surface area contributed by atoms with Crippen LogP contribution in [-0.4, -0.2) is 25.0 Å². The summed E-state index contributed by atoms with van der Waals surface area (Å²) in [6.45, 7) is 3.74. The summed E-state index contributed by atoms with van der Waals surface area (Å²) in [6.07, 6.45) is 0. The predicted molar refractivity (Wildman–Crippen MR) is 140 cm³/mol. The molecule has 0 aliphatic carbocycles. The molecule has 0 bridgehead atoms. The van der Waals surface area contributed by atoms with Crippen LogP contribution in [0.25, 0.3) is 11.1 Å². The van der Waals surface area contributed by atoms with Gasteiger partial charge in [-0.1, -0.05) is 91.0 Å². The van der Waals surface area contributed by atoms with E-state index in [1.54, 1.807) is 6.92 Å². The zero-order valence-electron chi connectivity index (χ0n) is 19.7. The van der Waals surface area contributed by atoms with Crippen LogP contribution in [0.15, 0.2) is 96.4 Å². The number of amides is 1. The second-order valence-corrected chi connectivity index (χ2v) is 9.12. The average Bonchev–Trinajstić information content (AvgIpc) is 3.29. The van der Waals surface area contributed by atoms with E-state index in [-0.39, 0.29) is 19.1 Å². The van der Waals surface area contributed by atoms with Gasteiger partial charge in [-0.05, 0) is 12.5 Å². The molecule has 35 heavy (non-hydrogen) atoms. The van der Waals surface area contributed by atoms with E-state index in [9.17, 15) is 9.59 Å². The monoisotopic (exact) mass is 485 g/mol. The first-order valence-electron chi connectivity index (χ1n) is 11.7. The van der Waals surface area contributed by atoms with E-state index in [1.807, 2.05) is 72.1 Å². The molecule has 5 nitrogen and oxygen atoms in total. The molecule has 0 fully saturated rings. The molecular formula is C29H29N2O3S+. The summed E-state index contributed by atoms with van der Waals surface area (Å²) in [5.41, 5.74) is 4.42. The molecule has 6 heteroatoms. The van der Waals surface area contributed by atoms with Crippen molar-refractivity contribution in [3.8, 4) is 11.1 Å². The molecule has 4 rings (SSSR count). The smallest absolute Gasteiger partial charge is 0.341 e. The first kappa shape index (κ1) is 24.4. The lowest BCUT2D eigenvalue weighted by Gasteiger charge is -2.19. The van der Waals surface area contributed by atoms with Crippen LogP contribution >= 0.6 is 11.3 Å². The Morgan fingerprint density at radius 3 is 1.91 bits per heavy atom. The molecule has 1 heterocycles. The molecule has 1 aromatic heterocycles. The van der Waals surface area contributed by atoms with E-state index >= 15 is 0 Å². The third kappa shape index (κ3) is 6.66. The lowest BCUT2D eigenvalue weighted by atomic mass is 10.0. The lowest BCUT2D eigenvalue weighted by Crippen LogP contribution is -3.10. The Labute approximate surface area is 210 Å². The van der Waals surface area contributed by atoms with Crippen LogP contribution in [0.2, 0.25) is 0 Å². The number of carbonyl (C=O) groups excluding carboxylic acids is 2. The largest absolute Gasteiger partial charge is 0.462 e. The Morgan fingerprint density at radius 2 is 1.37 bits per heavy atom. The standard InChI is InChI=1S/C29H28N2O3S/c1-2-34-29(33)27-25(24-16-10-5-11-17-24)21-35-28(27)30-26(32)20-31(18-22-12-6-3-7-13-22)19-23-14-8-4-9-15-23/h3-17,21H,2,18-20H2,1H3,(H,30,32)/p+1. The van der Waals surface area contributed by atoms with Gasteiger partial charge in [0.1, 0.15) is 23.7 Å². The highest BCUT2D eigenvalue weighted by Gasteiger charge is 2.24. The van der Waals surface area contributed by atoms with Crippen LogP contribution in [0.5, 0.6) is 0 Å². The quantitative estimate of drug-likeness (QED) is 0.317. The SMILES string of the molecule is CCOC(=O)c1c(-c2ccccc2)csc1NC(=O)C[NH+](Cc1ccccc1)Cc1ccccc1. The normalized spacial score (nSPS) is 10.8. The van der Waals surface area contributed by atoms with Crippen molar-refractivity contribution in [1.29, 1.82) is 0 Å². The van der Waals surface area contributed by atoms with Gasteiger partial charge in [0.25, 0.3) is 5.91 Å². The first-order chi connectivity index (χ1) is 17.1. The van der Waals surface area contributed by atoms with Crippen LogP contribution < -0.4 is 10.2 Å². The fourth-order valence-electron chi connectivity index (χ4n) is 4.04. The van der Waals surface area contributed by atoms with Crippen molar-refractivity contribution in [1.82, 2.24) is 0 Å². The molecule has 4 aromatic rings. The molecule has 3 aromatic carbocycles. The second kappa shape index (κ2) is 12.1. The van der Waals surface area contributed by atoms with Crippen molar-refractivity contribution in [2.45, 2.75) is 20.0 Å². The Bertz CT molecular complexity index is 1200. The topological polar surface area (TPSA) is 59.8 Å². The number of hydrogen-bond donors (Lipinski definition) is 2. The molecule has 0 aliphatic rings. The van der Waals surface area contributed by atoms with Gasteiger partial charge < -0.3 is 15.0 Å². The van der Waals surface area contributed by atoms with Crippen LogP contribution in [0.3, 0.4) is 0 Å². The molecule has 0 atom stereocenters. The van der Waals surface area contributed by atoms with Crippen molar-refractivity contribution in [3.05, 3.63) is 113 Å². The highest BCUT2D eigenvalue weighted by atomic mass is 32.1. The Hall–Kier alpha value is -3.74. The first-order valence-corrected chi connectivity index (χ1v) is 12.6. The van der Waals surface area contributed by atoms with Crippen LogP contribution in [0, 0.1) is 0 Å². The highest BCUT2D eigenvalue weighted by Crippen LogP contribution is 2.36. The van der Waals surface area contributed by atoms with Gasteiger partial charge in [-0.2, -0.15) is 0 Å². The maximum Gasteiger partial charge on any atom is 0.341 e. The van der Waals surface area contributed by atoms with Gasteiger partial charge in [-0.3, -0.25) is 4.79 Å². The molecule has 0 spiro atoms. The second-order valence-electron chi connectivity index (χ2n) is 8.24. The number of hydrogen-bond acceptors (Lipinski definition) is 4. The van der Waals surface area contributed by atoms with Gasteiger partial charge in [-0.15, -0.1) is 11.3 Å². The number of carbonyl (C=O) groups is 2. The average molecular weight is 486 g/mol. The van der Waals surface area contributed by atoms with E-state index in [0.29, 0.717) is 23.7 Å². The van der Waals surface area contributed by atoms with E-state index in [1.165, 1.54) is 22.5 Å². The van der Waals surface area contributed by atoms with Crippen molar-refractivity contribution in [3.63, 3.8) is 0 Å². The number of quaternary nitrogens is 1. The molecule has 0 radical (unpaired) electrons. The molecular weight excluding hydrogens is 456 g/mol. The van der Waals surface area contributed by atoms with Crippen LogP contribution in [0.1, 0.15) is 28.4 Å². The minimum Gasteiger partial charge on any atom is -0.462 e. The van der Waals surface area contributed by atoms with Crippen LogP contribution in [0.4, 0.5) is 5.00 Å². The summed E-state index contributed by atoms with van der Waals surface area (Å²) < 4.78 is 5.32. The number of anilines is 1. The van der Waals surface area contributed by atoms with Crippen molar-refractivity contribution < 1.29 is 19.2 Å². The third-order valence-corrected chi connectivity index (χ3v) is 6.51. The van der Waals surface area contributed by atoms with Gasteiger partial charge in [0.05, 0.1) is 6.61 Å². The number of benzene rings is 3. The van der Waals surface area contributed by atoms with Crippen LogP contribution in [-0.2, 0) is 22.6 Å². The van der Waals surface area contributed by atoms with Gasteiger partial charge in [0.2, 0.25) is 0 Å². The van der Waals surface area contributed by atoms with E-state index < -0.39 is 5.97 Å². The zero-order valence-corrected chi connectivity index (χ0v) is 20.5. The minimum absolute atomic E-state index is 0.140. The maximum absolute atomic E-state index is 13.2. The number of rotatable bonds is 10. The molecule has 2 N–H and O–H groups in total. The highest BCUT2D eigenvalue weighted by molar-refractivity contribution is 7.15. The molecule has 1 amide bonds. The maximum atomic E-state index is 13.2. The lowest BCUT2D eigenvalue weighted by molar-refractivity contribution is -0.919. The molecule has 0 unspecified atom stereocenters. The van der Waals surface area contributed by atoms with E-state index in [2.05, 4.69) is 29.6 Å². The third-order valence-electron chi connectivity index (χ3n) is 5.61. The van der Waals surface area contributed by atoms with Gasteiger partial charge >= 0.3 is 5.97 Å². The summed E-state index contributed by atoms with van der Waals surface area (Å²) >= 11 is 1.35. The summed E-state index contributed by atoms with van der Waals surface area (Å²) in [7, 11) is 0.